The van der Waals surface area contributed by atoms with Gasteiger partial charge in [0, 0.05) is 0 Å². The van der Waals surface area contributed by atoms with Gasteiger partial charge >= 0.3 is 0 Å². The minimum absolute atomic E-state index is 0.153. The summed E-state index contributed by atoms with van der Waals surface area (Å²) in [5.74, 6) is 0.473. The van der Waals surface area contributed by atoms with Crippen molar-refractivity contribution < 1.29 is 4.74 Å². The van der Waals surface area contributed by atoms with E-state index in [1.165, 1.54) is 11.1 Å². The van der Waals surface area contributed by atoms with Crippen LogP contribution in [0.15, 0.2) is 55.1 Å². The van der Waals surface area contributed by atoms with Gasteiger partial charge < -0.3 is 4.74 Å². The van der Waals surface area contributed by atoms with Crippen molar-refractivity contribution in [2.24, 2.45) is 5.92 Å². The third-order valence-corrected chi connectivity index (χ3v) is 3.81. The van der Waals surface area contributed by atoms with Crippen LogP contribution in [0.4, 0.5) is 0 Å². The van der Waals surface area contributed by atoms with Gasteiger partial charge in [0.25, 0.3) is 0 Å². The molecule has 0 amide bonds. The minimum Gasteiger partial charge on any atom is -0.371 e. The Labute approximate surface area is 124 Å². The predicted molar refractivity (Wildman–Crippen MR) is 87.7 cm³/mol. The summed E-state index contributed by atoms with van der Waals surface area (Å²) in [6.07, 6.45) is 5.13. The highest BCUT2D eigenvalue weighted by Crippen LogP contribution is 2.31. The second-order valence-electron chi connectivity index (χ2n) is 6.09. The largest absolute Gasteiger partial charge is 0.371 e. The van der Waals surface area contributed by atoms with E-state index in [0.29, 0.717) is 12.5 Å². The summed E-state index contributed by atoms with van der Waals surface area (Å²) in [5, 5.41) is 0. The average Bonchev–Trinajstić information content (AvgIpc) is 2.42. The van der Waals surface area contributed by atoms with Crippen LogP contribution >= 0.6 is 0 Å². The molecule has 0 fully saturated rings. The molecule has 0 aliphatic carbocycles. The lowest BCUT2D eigenvalue weighted by Crippen LogP contribution is -2.34. The van der Waals surface area contributed by atoms with Crippen molar-refractivity contribution in [3.63, 3.8) is 0 Å². The van der Waals surface area contributed by atoms with Crippen molar-refractivity contribution in [1.29, 1.82) is 0 Å². The first-order valence-corrected chi connectivity index (χ1v) is 7.39. The van der Waals surface area contributed by atoms with E-state index < -0.39 is 0 Å². The third-order valence-electron chi connectivity index (χ3n) is 3.81. The summed E-state index contributed by atoms with van der Waals surface area (Å²) in [5.41, 5.74) is 2.30. The fraction of sp³-hybridized carbons (Fsp3) is 0.474. The molecule has 0 aliphatic heterocycles. The van der Waals surface area contributed by atoms with Crippen LogP contribution in [-0.4, -0.2) is 5.60 Å². The second kappa shape index (κ2) is 8.06. The van der Waals surface area contributed by atoms with Gasteiger partial charge in [0.2, 0.25) is 0 Å². The highest BCUT2D eigenvalue weighted by atomic mass is 16.5. The van der Waals surface area contributed by atoms with E-state index in [1.54, 1.807) is 0 Å². The zero-order valence-electron chi connectivity index (χ0n) is 13.2. The van der Waals surface area contributed by atoms with Crippen LogP contribution in [0.2, 0.25) is 0 Å². The normalized spacial score (nSPS) is 12.9. The number of ether oxygens (including phenoxy) is 1. The van der Waals surface area contributed by atoms with Crippen LogP contribution in [0.5, 0.6) is 0 Å². The van der Waals surface area contributed by atoms with E-state index in [9.17, 15) is 0 Å². The Balaban J connectivity index is 2.61. The van der Waals surface area contributed by atoms with Crippen LogP contribution in [-0.2, 0) is 11.3 Å². The molecule has 0 saturated heterocycles. The van der Waals surface area contributed by atoms with Crippen LogP contribution < -0.4 is 0 Å². The molecule has 1 nitrogen and oxygen atoms in total. The Morgan fingerprint density at radius 2 is 1.95 bits per heavy atom. The topological polar surface area (TPSA) is 9.23 Å². The molecule has 0 N–H and O–H groups in total. The van der Waals surface area contributed by atoms with Gasteiger partial charge in [-0.2, -0.15) is 0 Å². The van der Waals surface area contributed by atoms with Gasteiger partial charge in [-0.15, -0.1) is 13.2 Å². The molecule has 1 heteroatoms. The van der Waals surface area contributed by atoms with E-state index in [-0.39, 0.29) is 5.60 Å². The Morgan fingerprint density at radius 3 is 2.50 bits per heavy atom. The van der Waals surface area contributed by atoms with Crippen molar-refractivity contribution in [2.45, 2.75) is 52.2 Å². The lowest BCUT2D eigenvalue weighted by Gasteiger charge is -2.34. The number of allylic oxidation sites excluding steroid dienone is 2. The summed E-state index contributed by atoms with van der Waals surface area (Å²) in [6, 6.07) is 10.3. The van der Waals surface area contributed by atoms with Crippen molar-refractivity contribution in [3.05, 3.63) is 60.7 Å². The van der Waals surface area contributed by atoms with Gasteiger partial charge in [-0.3, -0.25) is 0 Å². The maximum Gasteiger partial charge on any atom is 0.0724 e. The number of hydrogen-bond acceptors (Lipinski definition) is 1. The highest BCUT2D eigenvalue weighted by molar-refractivity contribution is 5.13. The van der Waals surface area contributed by atoms with E-state index in [0.717, 1.165) is 19.3 Å². The fourth-order valence-electron chi connectivity index (χ4n) is 2.33. The first-order valence-electron chi connectivity index (χ1n) is 7.39. The molecule has 1 aromatic rings. The van der Waals surface area contributed by atoms with Crippen molar-refractivity contribution >= 4 is 0 Å². The first-order chi connectivity index (χ1) is 9.45. The Kier molecular flexibility index (Phi) is 6.74. The summed E-state index contributed by atoms with van der Waals surface area (Å²) in [4.78, 5) is 0. The van der Waals surface area contributed by atoms with Gasteiger partial charge in [0.05, 0.1) is 12.2 Å². The Morgan fingerprint density at radius 1 is 1.30 bits per heavy atom. The SMILES string of the molecule is C=CC[C@H](CCC(=C)C)C(C)(C)OCc1ccccc1. The molecule has 1 aromatic carbocycles. The fourth-order valence-corrected chi connectivity index (χ4v) is 2.33. The average molecular weight is 272 g/mol. The van der Waals surface area contributed by atoms with Crippen LogP contribution in [0, 0.1) is 5.92 Å². The molecule has 20 heavy (non-hydrogen) atoms. The minimum atomic E-state index is -0.153. The van der Waals surface area contributed by atoms with Crippen LogP contribution in [0.3, 0.4) is 0 Å². The van der Waals surface area contributed by atoms with Crippen LogP contribution in [0.25, 0.3) is 0 Å². The molecule has 1 rings (SSSR count). The number of benzene rings is 1. The molecular weight excluding hydrogens is 244 g/mol. The smallest absolute Gasteiger partial charge is 0.0724 e. The maximum absolute atomic E-state index is 6.19. The van der Waals surface area contributed by atoms with Gasteiger partial charge in [0.1, 0.15) is 0 Å². The lowest BCUT2D eigenvalue weighted by molar-refractivity contribution is -0.0721. The predicted octanol–water partition coefficient (Wildman–Crippen LogP) is 5.53. The molecule has 0 heterocycles. The van der Waals surface area contributed by atoms with E-state index in [2.05, 4.69) is 46.1 Å². The van der Waals surface area contributed by atoms with Crippen molar-refractivity contribution in [1.82, 2.24) is 0 Å². The van der Waals surface area contributed by atoms with Gasteiger partial charge in [-0.05, 0) is 51.5 Å². The molecule has 1 atom stereocenters. The van der Waals surface area contributed by atoms with E-state index >= 15 is 0 Å². The Bertz CT molecular complexity index is 417. The molecule has 0 bridgehead atoms. The maximum atomic E-state index is 6.19. The van der Waals surface area contributed by atoms with Gasteiger partial charge in [-0.1, -0.05) is 42.0 Å². The van der Waals surface area contributed by atoms with Gasteiger partial charge in [0.15, 0.2) is 0 Å². The summed E-state index contributed by atoms with van der Waals surface area (Å²) < 4.78 is 6.19. The van der Waals surface area contributed by atoms with Crippen molar-refractivity contribution in [3.8, 4) is 0 Å². The quantitative estimate of drug-likeness (QED) is 0.537. The van der Waals surface area contributed by atoms with Crippen LogP contribution in [0.1, 0.15) is 45.6 Å². The summed E-state index contributed by atoms with van der Waals surface area (Å²) >= 11 is 0. The summed E-state index contributed by atoms with van der Waals surface area (Å²) in [6.45, 7) is 15.0. The number of rotatable bonds is 9. The monoisotopic (exact) mass is 272 g/mol. The zero-order chi connectivity index (χ0) is 15.0. The van der Waals surface area contributed by atoms with Gasteiger partial charge in [-0.25, -0.2) is 0 Å². The molecule has 110 valence electrons. The zero-order valence-corrected chi connectivity index (χ0v) is 13.2. The molecule has 0 aliphatic rings. The van der Waals surface area contributed by atoms with E-state index in [4.69, 9.17) is 4.74 Å². The molecule has 0 spiro atoms. The van der Waals surface area contributed by atoms with E-state index in [1.807, 2.05) is 24.3 Å². The molecule has 0 saturated carbocycles. The first kappa shape index (κ1) is 16.7. The molecule has 0 aromatic heterocycles. The molecule has 0 unspecified atom stereocenters. The summed E-state index contributed by atoms with van der Waals surface area (Å²) in [7, 11) is 0. The molecule has 0 radical (unpaired) electrons. The molecular formula is C19H28O. The highest BCUT2D eigenvalue weighted by Gasteiger charge is 2.29. The standard InChI is InChI=1S/C19H28O/c1-6-10-18(14-13-16(2)3)19(4,5)20-15-17-11-8-7-9-12-17/h6-9,11-12,18H,1-2,10,13-15H2,3-5H3/t18-/m1/s1. The second-order valence-corrected chi connectivity index (χ2v) is 6.09. The number of hydrogen-bond donors (Lipinski definition) is 0. The lowest BCUT2D eigenvalue weighted by atomic mass is 9.83. The van der Waals surface area contributed by atoms with Crippen molar-refractivity contribution in [2.75, 3.05) is 0 Å². The third kappa shape index (κ3) is 5.75. The Hall–Kier alpha value is -1.34.